The molecular formula is C10H7NO2. The van der Waals surface area contributed by atoms with Crippen LogP contribution in [0.25, 0.3) is 11.3 Å². The minimum Gasteiger partial charge on any atom is -0.444 e. The van der Waals surface area contributed by atoms with E-state index in [1.54, 1.807) is 18.3 Å². The molecule has 0 unspecified atom stereocenters. The van der Waals surface area contributed by atoms with Gasteiger partial charge in [0.15, 0.2) is 12.2 Å². The Morgan fingerprint density at radius 1 is 1.38 bits per heavy atom. The lowest BCUT2D eigenvalue weighted by Crippen LogP contribution is -1.80. The molecule has 0 saturated carbocycles. The van der Waals surface area contributed by atoms with Crippen LogP contribution in [0, 0.1) is 0 Å². The molecule has 0 aliphatic heterocycles. The van der Waals surface area contributed by atoms with Crippen molar-refractivity contribution in [1.29, 1.82) is 0 Å². The maximum Gasteiger partial charge on any atom is 0.181 e. The van der Waals surface area contributed by atoms with Crippen LogP contribution < -0.4 is 0 Å². The summed E-state index contributed by atoms with van der Waals surface area (Å²) in [5, 5.41) is 0. The molecule has 0 radical (unpaired) electrons. The molecule has 1 heterocycles. The van der Waals surface area contributed by atoms with E-state index in [2.05, 4.69) is 4.98 Å². The molecule has 3 nitrogen and oxygen atoms in total. The van der Waals surface area contributed by atoms with Gasteiger partial charge in [-0.2, -0.15) is 0 Å². The summed E-state index contributed by atoms with van der Waals surface area (Å²) in [6.07, 6.45) is 3.78. The third-order valence-corrected chi connectivity index (χ3v) is 1.74. The van der Waals surface area contributed by atoms with Crippen molar-refractivity contribution in [2.45, 2.75) is 0 Å². The number of carbonyl (C=O) groups is 1. The predicted octanol–water partition coefficient (Wildman–Crippen LogP) is 2.15. The number of benzene rings is 1. The fourth-order valence-corrected chi connectivity index (χ4v) is 1.12. The van der Waals surface area contributed by atoms with E-state index >= 15 is 0 Å². The van der Waals surface area contributed by atoms with Crippen molar-refractivity contribution in [1.82, 2.24) is 4.98 Å². The van der Waals surface area contributed by atoms with Crippen LogP contribution in [0.1, 0.15) is 10.4 Å². The van der Waals surface area contributed by atoms with Crippen molar-refractivity contribution in [3.8, 4) is 11.3 Å². The Kier molecular flexibility index (Phi) is 1.92. The maximum atomic E-state index is 10.5. The van der Waals surface area contributed by atoms with Gasteiger partial charge >= 0.3 is 0 Å². The monoisotopic (exact) mass is 173 g/mol. The molecular weight excluding hydrogens is 166 g/mol. The van der Waals surface area contributed by atoms with Crippen LogP contribution in [0.3, 0.4) is 0 Å². The van der Waals surface area contributed by atoms with Gasteiger partial charge in [0.25, 0.3) is 0 Å². The molecule has 2 aromatic rings. The number of nitrogens with zero attached hydrogens (tertiary/aromatic N) is 1. The van der Waals surface area contributed by atoms with E-state index in [4.69, 9.17) is 4.42 Å². The van der Waals surface area contributed by atoms with Gasteiger partial charge in [-0.3, -0.25) is 4.79 Å². The van der Waals surface area contributed by atoms with Crippen LogP contribution in [-0.4, -0.2) is 11.3 Å². The molecule has 1 aromatic carbocycles. The topological polar surface area (TPSA) is 43.1 Å². The van der Waals surface area contributed by atoms with Crippen LogP contribution in [-0.2, 0) is 0 Å². The van der Waals surface area contributed by atoms with E-state index in [1.165, 1.54) is 6.39 Å². The summed E-state index contributed by atoms with van der Waals surface area (Å²) >= 11 is 0. The van der Waals surface area contributed by atoms with E-state index < -0.39 is 0 Å². The van der Waals surface area contributed by atoms with E-state index in [1.807, 2.05) is 12.1 Å². The molecule has 0 spiro atoms. The third-order valence-electron chi connectivity index (χ3n) is 1.74. The fraction of sp³-hybridized carbons (Fsp3) is 0. The smallest absolute Gasteiger partial charge is 0.181 e. The zero-order valence-corrected chi connectivity index (χ0v) is 6.81. The lowest BCUT2D eigenvalue weighted by atomic mass is 10.1. The molecule has 64 valence electrons. The number of aromatic nitrogens is 1. The molecule has 1 aromatic heterocycles. The van der Waals surface area contributed by atoms with Crippen LogP contribution in [0.4, 0.5) is 0 Å². The van der Waals surface area contributed by atoms with Gasteiger partial charge < -0.3 is 4.42 Å². The fourth-order valence-electron chi connectivity index (χ4n) is 1.12. The van der Waals surface area contributed by atoms with Crippen molar-refractivity contribution in [3.05, 3.63) is 42.4 Å². The summed E-state index contributed by atoms with van der Waals surface area (Å²) in [7, 11) is 0. The minimum atomic E-state index is 0.633. The second-order valence-electron chi connectivity index (χ2n) is 2.61. The van der Waals surface area contributed by atoms with E-state index in [9.17, 15) is 4.79 Å². The molecule has 0 atom stereocenters. The molecule has 3 heteroatoms. The highest BCUT2D eigenvalue weighted by atomic mass is 16.3. The molecule has 0 aliphatic carbocycles. The van der Waals surface area contributed by atoms with E-state index in [-0.39, 0.29) is 0 Å². The van der Waals surface area contributed by atoms with Gasteiger partial charge in [-0.1, -0.05) is 18.2 Å². The minimum absolute atomic E-state index is 0.633. The largest absolute Gasteiger partial charge is 0.444 e. The normalized spacial score (nSPS) is 9.85. The summed E-state index contributed by atoms with van der Waals surface area (Å²) in [6, 6.07) is 7.18. The van der Waals surface area contributed by atoms with E-state index in [0.717, 1.165) is 11.8 Å². The highest BCUT2D eigenvalue weighted by Crippen LogP contribution is 2.18. The van der Waals surface area contributed by atoms with E-state index in [0.29, 0.717) is 11.3 Å². The number of oxazole rings is 1. The van der Waals surface area contributed by atoms with Crippen LogP contribution >= 0.6 is 0 Å². The summed E-state index contributed by atoms with van der Waals surface area (Å²) < 4.78 is 5.09. The second-order valence-corrected chi connectivity index (χ2v) is 2.61. The molecule has 0 amide bonds. The van der Waals surface area contributed by atoms with Crippen molar-refractivity contribution in [3.63, 3.8) is 0 Å². The Hall–Kier alpha value is -1.90. The number of hydrogen-bond donors (Lipinski definition) is 0. The number of aldehydes is 1. The maximum absolute atomic E-state index is 10.5. The first-order chi connectivity index (χ1) is 6.40. The Labute approximate surface area is 75.0 Å². The Morgan fingerprint density at radius 3 is 3.00 bits per heavy atom. The van der Waals surface area contributed by atoms with Gasteiger partial charge in [-0.15, -0.1) is 0 Å². The van der Waals surface area contributed by atoms with Gasteiger partial charge in [0.1, 0.15) is 6.29 Å². The average molecular weight is 173 g/mol. The molecule has 13 heavy (non-hydrogen) atoms. The first-order valence-corrected chi connectivity index (χ1v) is 3.84. The highest BCUT2D eigenvalue weighted by molar-refractivity contribution is 5.77. The average Bonchev–Trinajstić information content (AvgIpc) is 2.71. The summed E-state index contributed by atoms with van der Waals surface area (Å²) in [6.45, 7) is 0. The van der Waals surface area contributed by atoms with Gasteiger partial charge in [0.2, 0.25) is 0 Å². The molecule has 0 fully saturated rings. The van der Waals surface area contributed by atoms with Crippen LogP contribution in [0.5, 0.6) is 0 Å². The SMILES string of the molecule is O=Cc1cccc(-c2cnco2)c1. The molecule has 0 bridgehead atoms. The van der Waals surface area contributed by atoms with Crippen LogP contribution in [0.2, 0.25) is 0 Å². The Morgan fingerprint density at radius 2 is 2.31 bits per heavy atom. The zero-order chi connectivity index (χ0) is 9.10. The number of carbonyl (C=O) groups excluding carboxylic acids is 1. The summed E-state index contributed by atoms with van der Waals surface area (Å²) in [4.78, 5) is 14.3. The van der Waals surface area contributed by atoms with Gasteiger partial charge in [-0.05, 0) is 6.07 Å². The summed E-state index contributed by atoms with van der Waals surface area (Å²) in [5.41, 5.74) is 1.50. The van der Waals surface area contributed by atoms with Crippen molar-refractivity contribution >= 4 is 6.29 Å². The summed E-state index contributed by atoms with van der Waals surface area (Å²) in [5.74, 6) is 0.670. The molecule has 2 rings (SSSR count). The highest BCUT2D eigenvalue weighted by Gasteiger charge is 2.00. The first-order valence-electron chi connectivity index (χ1n) is 3.84. The zero-order valence-electron chi connectivity index (χ0n) is 6.81. The predicted molar refractivity (Wildman–Crippen MR) is 47.3 cm³/mol. The Bertz CT molecular complexity index is 407. The second kappa shape index (κ2) is 3.23. The first kappa shape index (κ1) is 7.73. The quantitative estimate of drug-likeness (QED) is 0.653. The molecule has 0 saturated heterocycles. The van der Waals surface area contributed by atoms with Gasteiger partial charge in [0.05, 0.1) is 6.20 Å². The lowest BCUT2D eigenvalue weighted by molar-refractivity contribution is 0.112. The third kappa shape index (κ3) is 1.49. The lowest BCUT2D eigenvalue weighted by Gasteiger charge is -1.95. The van der Waals surface area contributed by atoms with Gasteiger partial charge in [0, 0.05) is 11.1 Å². The molecule has 0 aliphatic rings. The number of rotatable bonds is 2. The van der Waals surface area contributed by atoms with Crippen molar-refractivity contribution in [2.24, 2.45) is 0 Å². The standard InChI is InChI=1S/C10H7NO2/c12-6-8-2-1-3-9(4-8)10-5-11-7-13-10/h1-7H. The molecule has 0 N–H and O–H groups in total. The Balaban J connectivity index is 2.47. The number of hydrogen-bond acceptors (Lipinski definition) is 3. The van der Waals surface area contributed by atoms with Crippen molar-refractivity contribution in [2.75, 3.05) is 0 Å². The van der Waals surface area contributed by atoms with Gasteiger partial charge in [-0.25, -0.2) is 4.98 Å². The van der Waals surface area contributed by atoms with Crippen molar-refractivity contribution < 1.29 is 9.21 Å². The van der Waals surface area contributed by atoms with Crippen LogP contribution in [0.15, 0.2) is 41.3 Å².